The number of amides is 1. The summed E-state index contributed by atoms with van der Waals surface area (Å²) in [6.07, 6.45) is 0.932. The van der Waals surface area contributed by atoms with Gasteiger partial charge in [-0.05, 0) is 25.5 Å². The molecule has 0 radical (unpaired) electrons. The van der Waals surface area contributed by atoms with Gasteiger partial charge in [0.25, 0.3) is 0 Å². The van der Waals surface area contributed by atoms with E-state index < -0.39 is 0 Å². The number of nitrogens with zero attached hydrogens (tertiary/aromatic N) is 5. The smallest absolute Gasteiger partial charge is 0.240 e. The van der Waals surface area contributed by atoms with Gasteiger partial charge in [0.05, 0.1) is 23.3 Å². The largest absolute Gasteiger partial charge is 0.354 e. The summed E-state index contributed by atoms with van der Waals surface area (Å²) in [7, 11) is 0. The third-order valence-electron chi connectivity index (χ3n) is 6.44. The molecule has 2 unspecified atom stereocenters. The van der Waals surface area contributed by atoms with E-state index in [1.807, 2.05) is 22.7 Å². The van der Waals surface area contributed by atoms with Gasteiger partial charge >= 0.3 is 0 Å². The minimum atomic E-state index is -0.00566. The van der Waals surface area contributed by atoms with Gasteiger partial charge in [0, 0.05) is 57.1 Å². The highest BCUT2D eigenvalue weighted by molar-refractivity contribution is 8.93. The van der Waals surface area contributed by atoms with E-state index in [1.165, 1.54) is 5.82 Å². The molecule has 0 aliphatic carbocycles. The number of anilines is 1. The van der Waals surface area contributed by atoms with Crippen LogP contribution in [0.3, 0.4) is 0 Å². The zero-order valence-electron chi connectivity index (χ0n) is 17.9. The molecule has 31 heavy (non-hydrogen) atoms. The van der Waals surface area contributed by atoms with E-state index in [0.29, 0.717) is 11.9 Å². The Bertz CT molecular complexity index is 879. The van der Waals surface area contributed by atoms with Gasteiger partial charge in [-0.2, -0.15) is 5.10 Å². The lowest BCUT2D eigenvalue weighted by molar-refractivity contribution is -0.131. The number of aryl methyl sites for hydroxylation is 1. The predicted octanol–water partition coefficient (Wildman–Crippen LogP) is 2.14. The lowest BCUT2D eigenvalue weighted by Gasteiger charge is -2.38. The number of hydrogen-bond acceptors (Lipinski definition) is 6. The standard InChI is InChI=1S/C22H30N6OS.BrH/c1-17-13-21(28(24-17)18-5-3-2-4-6-18)26-9-7-25(8-10-26)19-14-20(23-15-19)22(29)27-11-12-30-16-27;/h2-6,13,19-20,23H,7-12,14-16H2,1H3;1H. The first-order chi connectivity index (χ1) is 14.7. The molecule has 3 aliphatic heterocycles. The molecule has 3 saturated heterocycles. The molecule has 2 atom stereocenters. The van der Waals surface area contributed by atoms with E-state index in [4.69, 9.17) is 5.10 Å². The van der Waals surface area contributed by atoms with E-state index in [-0.39, 0.29) is 23.0 Å². The maximum absolute atomic E-state index is 12.7. The van der Waals surface area contributed by atoms with Gasteiger partial charge in [0.1, 0.15) is 5.82 Å². The van der Waals surface area contributed by atoms with E-state index in [0.717, 1.165) is 68.7 Å². The van der Waals surface area contributed by atoms with Crippen LogP contribution in [0.1, 0.15) is 12.1 Å². The monoisotopic (exact) mass is 506 g/mol. The molecule has 9 heteroatoms. The molecule has 7 nitrogen and oxygen atoms in total. The van der Waals surface area contributed by atoms with Crippen LogP contribution in [0.15, 0.2) is 36.4 Å². The third-order valence-corrected chi connectivity index (χ3v) is 7.40. The van der Waals surface area contributed by atoms with Gasteiger partial charge in [-0.25, -0.2) is 4.68 Å². The Hall–Kier alpha value is -1.55. The Labute approximate surface area is 198 Å². The van der Waals surface area contributed by atoms with Crippen LogP contribution in [0.25, 0.3) is 5.69 Å². The van der Waals surface area contributed by atoms with Gasteiger partial charge in [0.2, 0.25) is 5.91 Å². The van der Waals surface area contributed by atoms with Gasteiger partial charge in [-0.1, -0.05) is 18.2 Å². The zero-order chi connectivity index (χ0) is 20.5. The summed E-state index contributed by atoms with van der Waals surface area (Å²) in [6, 6.07) is 13.0. The van der Waals surface area contributed by atoms with Crippen molar-refractivity contribution in [1.29, 1.82) is 0 Å². The minimum absolute atomic E-state index is 0. The first-order valence-corrected chi connectivity index (χ1v) is 12.1. The topological polar surface area (TPSA) is 56.6 Å². The highest BCUT2D eigenvalue weighted by atomic mass is 79.9. The number of carbonyl (C=O) groups excluding carboxylic acids is 1. The highest BCUT2D eigenvalue weighted by Crippen LogP contribution is 2.25. The number of halogens is 1. The quantitative estimate of drug-likeness (QED) is 0.685. The molecule has 1 N–H and O–H groups in total. The zero-order valence-corrected chi connectivity index (χ0v) is 20.5. The van der Waals surface area contributed by atoms with Crippen LogP contribution < -0.4 is 10.2 Å². The van der Waals surface area contributed by atoms with E-state index in [2.05, 4.69) is 57.1 Å². The SMILES string of the molecule is Br.Cc1cc(N2CCN(C3CNC(C(=O)N4CCSC4)C3)CC2)n(-c2ccccc2)n1. The molecule has 2 aromatic rings. The van der Waals surface area contributed by atoms with Gasteiger partial charge in [-0.3, -0.25) is 9.69 Å². The van der Waals surface area contributed by atoms with Crippen molar-refractivity contribution in [2.75, 3.05) is 55.8 Å². The van der Waals surface area contributed by atoms with Gasteiger partial charge in [0.15, 0.2) is 0 Å². The minimum Gasteiger partial charge on any atom is -0.354 e. The molecule has 5 rings (SSSR count). The van der Waals surface area contributed by atoms with Crippen LogP contribution in [0.4, 0.5) is 5.82 Å². The van der Waals surface area contributed by atoms with Crippen molar-refractivity contribution in [2.24, 2.45) is 0 Å². The summed E-state index contributed by atoms with van der Waals surface area (Å²) in [5.74, 6) is 3.39. The molecule has 3 fully saturated rings. The second kappa shape index (κ2) is 9.94. The Balaban J connectivity index is 0.00000231. The number of thioether (sulfide) groups is 1. The molecule has 0 saturated carbocycles. The number of aromatic nitrogens is 2. The summed E-state index contributed by atoms with van der Waals surface area (Å²) < 4.78 is 2.06. The lowest BCUT2D eigenvalue weighted by atomic mass is 10.1. The molecule has 1 aromatic heterocycles. The van der Waals surface area contributed by atoms with Crippen LogP contribution in [-0.2, 0) is 4.79 Å². The van der Waals surface area contributed by atoms with E-state index in [9.17, 15) is 4.79 Å². The summed E-state index contributed by atoms with van der Waals surface area (Å²) in [5.41, 5.74) is 2.14. The Kier molecular flexibility index (Phi) is 7.26. The maximum atomic E-state index is 12.7. The summed E-state index contributed by atoms with van der Waals surface area (Å²) in [5, 5.41) is 8.21. The van der Waals surface area contributed by atoms with Gasteiger partial charge < -0.3 is 15.1 Å². The van der Waals surface area contributed by atoms with Crippen LogP contribution in [-0.4, -0.2) is 88.5 Å². The first-order valence-electron chi connectivity index (χ1n) is 10.9. The lowest BCUT2D eigenvalue weighted by Crippen LogP contribution is -2.51. The number of hydrogen-bond donors (Lipinski definition) is 1. The molecule has 4 heterocycles. The van der Waals surface area contributed by atoms with Crippen LogP contribution >= 0.6 is 28.7 Å². The van der Waals surface area contributed by atoms with Crippen molar-refractivity contribution >= 4 is 40.5 Å². The molecule has 1 amide bonds. The number of benzene rings is 1. The van der Waals surface area contributed by atoms with Crippen molar-refractivity contribution < 1.29 is 4.79 Å². The van der Waals surface area contributed by atoms with Crippen LogP contribution in [0.2, 0.25) is 0 Å². The van der Waals surface area contributed by atoms with Crippen molar-refractivity contribution in [1.82, 2.24) is 24.9 Å². The molecular weight excluding hydrogens is 476 g/mol. The fraction of sp³-hybridized carbons (Fsp3) is 0.545. The normalized spacial score (nSPS) is 24.4. The van der Waals surface area contributed by atoms with E-state index in [1.54, 1.807) is 0 Å². The second-order valence-electron chi connectivity index (χ2n) is 8.40. The number of para-hydroxylation sites is 1. The van der Waals surface area contributed by atoms with Crippen LogP contribution in [0.5, 0.6) is 0 Å². The van der Waals surface area contributed by atoms with Crippen molar-refractivity contribution in [3.05, 3.63) is 42.1 Å². The van der Waals surface area contributed by atoms with Crippen LogP contribution in [0, 0.1) is 6.92 Å². The fourth-order valence-corrected chi connectivity index (χ4v) is 5.73. The Morgan fingerprint density at radius 2 is 1.90 bits per heavy atom. The third kappa shape index (κ3) is 4.79. The Morgan fingerprint density at radius 1 is 1.13 bits per heavy atom. The molecule has 0 spiro atoms. The van der Waals surface area contributed by atoms with Gasteiger partial charge in [-0.15, -0.1) is 28.7 Å². The number of carbonyl (C=O) groups is 1. The molecule has 1 aromatic carbocycles. The average molecular weight is 508 g/mol. The molecule has 168 valence electrons. The summed E-state index contributed by atoms with van der Waals surface area (Å²) in [6.45, 7) is 7.88. The number of rotatable bonds is 4. The average Bonchev–Trinajstić information content (AvgIpc) is 3.55. The highest BCUT2D eigenvalue weighted by Gasteiger charge is 2.36. The van der Waals surface area contributed by atoms with Crippen molar-refractivity contribution in [2.45, 2.75) is 25.4 Å². The second-order valence-corrected chi connectivity index (χ2v) is 9.48. The number of nitrogens with one attached hydrogen (secondary N) is 1. The van der Waals surface area contributed by atoms with Crippen molar-refractivity contribution in [3.63, 3.8) is 0 Å². The summed E-state index contributed by atoms with van der Waals surface area (Å²) in [4.78, 5) is 19.7. The maximum Gasteiger partial charge on any atom is 0.240 e. The first kappa shape index (κ1) is 22.6. The fourth-order valence-electron chi connectivity index (χ4n) is 4.78. The van der Waals surface area contributed by atoms with Crippen molar-refractivity contribution in [3.8, 4) is 5.69 Å². The molecule has 0 bridgehead atoms. The molecule has 3 aliphatic rings. The Morgan fingerprint density at radius 3 is 2.61 bits per heavy atom. The predicted molar refractivity (Wildman–Crippen MR) is 132 cm³/mol. The van der Waals surface area contributed by atoms with E-state index >= 15 is 0 Å². The molecular formula is C22H31BrN6OS. The number of piperazine rings is 1. The summed E-state index contributed by atoms with van der Waals surface area (Å²) >= 11 is 1.85.